The van der Waals surface area contributed by atoms with Crippen molar-refractivity contribution >= 4 is 5.91 Å². The molecule has 1 aromatic heterocycles. The summed E-state index contributed by atoms with van der Waals surface area (Å²) in [6, 6.07) is 6.90. The van der Waals surface area contributed by atoms with E-state index in [9.17, 15) is 9.18 Å². The molecule has 2 aromatic rings. The maximum Gasteiger partial charge on any atom is 0.272 e. The summed E-state index contributed by atoms with van der Waals surface area (Å²) >= 11 is 0. The predicted octanol–water partition coefficient (Wildman–Crippen LogP) is 1.27. The van der Waals surface area contributed by atoms with Gasteiger partial charge in [-0.25, -0.2) is 4.39 Å². The molecule has 2 aliphatic rings. The van der Waals surface area contributed by atoms with Crippen molar-refractivity contribution in [3.8, 4) is 0 Å². The predicted molar refractivity (Wildman–Crippen MR) is 112 cm³/mol. The van der Waals surface area contributed by atoms with E-state index in [4.69, 9.17) is 4.74 Å². The highest BCUT2D eigenvalue weighted by molar-refractivity contribution is 5.94. The number of hydrogen-bond donors (Lipinski definition) is 2. The van der Waals surface area contributed by atoms with Crippen molar-refractivity contribution in [3.05, 3.63) is 52.6 Å². The molecule has 1 aliphatic heterocycles. The molecule has 0 unspecified atom stereocenters. The average molecular weight is 416 g/mol. The van der Waals surface area contributed by atoms with E-state index < -0.39 is 0 Å². The lowest BCUT2D eigenvalue weighted by atomic mass is 9.91. The zero-order valence-electron chi connectivity index (χ0n) is 17.5. The summed E-state index contributed by atoms with van der Waals surface area (Å²) in [6.07, 6.45) is 2.60. The summed E-state index contributed by atoms with van der Waals surface area (Å²) in [5.74, 6) is -0.325. The highest BCUT2D eigenvalue weighted by atomic mass is 19.1. The number of amides is 1. The van der Waals surface area contributed by atoms with Crippen LogP contribution in [0.5, 0.6) is 0 Å². The van der Waals surface area contributed by atoms with Crippen molar-refractivity contribution < 1.29 is 13.9 Å². The Morgan fingerprint density at radius 1 is 1.33 bits per heavy atom. The Kier molecular flexibility index (Phi) is 6.76. The van der Waals surface area contributed by atoms with Crippen LogP contribution < -0.4 is 10.6 Å². The first-order valence-electron chi connectivity index (χ1n) is 10.7. The first-order valence-corrected chi connectivity index (χ1v) is 10.7. The summed E-state index contributed by atoms with van der Waals surface area (Å²) < 4.78 is 20.6. The second kappa shape index (κ2) is 9.68. The van der Waals surface area contributed by atoms with E-state index in [0.717, 1.165) is 68.9 Å². The smallest absolute Gasteiger partial charge is 0.272 e. The molecule has 0 saturated carbocycles. The standard InChI is InChI=1S/C22H30FN5O2/c1-27-20-6-5-18(25-15-16-3-2-4-17(23)13-16)14-19(20)21(26-27)22(29)24-7-8-28-9-11-30-12-10-28/h2-4,13,18,25H,5-12,14-15H2,1H3,(H,24,29)/t18-/m0/s1. The van der Waals surface area contributed by atoms with Crippen LogP contribution in [0.25, 0.3) is 0 Å². The number of carbonyl (C=O) groups is 1. The van der Waals surface area contributed by atoms with Crippen molar-refractivity contribution in [2.45, 2.75) is 31.8 Å². The van der Waals surface area contributed by atoms with Gasteiger partial charge in [-0.2, -0.15) is 5.10 Å². The number of morpholine rings is 1. The van der Waals surface area contributed by atoms with Crippen LogP contribution in [0.3, 0.4) is 0 Å². The zero-order valence-corrected chi connectivity index (χ0v) is 17.5. The molecule has 0 bridgehead atoms. The summed E-state index contributed by atoms with van der Waals surface area (Å²) in [6.45, 7) is 5.37. The number of aromatic nitrogens is 2. The van der Waals surface area contributed by atoms with Crippen LogP contribution in [0, 0.1) is 5.82 Å². The second-order valence-corrected chi connectivity index (χ2v) is 8.06. The third-order valence-electron chi connectivity index (χ3n) is 5.97. The number of benzene rings is 1. The van der Waals surface area contributed by atoms with Gasteiger partial charge in [0, 0.05) is 57.1 Å². The van der Waals surface area contributed by atoms with Gasteiger partial charge in [0.15, 0.2) is 5.69 Å². The molecule has 0 spiro atoms. The number of hydrogen-bond acceptors (Lipinski definition) is 5. The van der Waals surface area contributed by atoms with Crippen LogP contribution in [0.15, 0.2) is 24.3 Å². The summed E-state index contributed by atoms with van der Waals surface area (Å²) in [5.41, 5.74) is 3.63. The average Bonchev–Trinajstić information content (AvgIpc) is 3.09. The largest absolute Gasteiger partial charge is 0.379 e. The lowest BCUT2D eigenvalue weighted by Gasteiger charge is -2.26. The van der Waals surface area contributed by atoms with Crippen LogP contribution in [0.2, 0.25) is 0 Å². The van der Waals surface area contributed by atoms with E-state index in [1.807, 2.05) is 17.8 Å². The van der Waals surface area contributed by atoms with Gasteiger partial charge in [-0.1, -0.05) is 12.1 Å². The Hall–Kier alpha value is -2.29. The number of aryl methyl sites for hydroxylation is 1. The number of ether oxygens (including phenoxy) is 1. The monoisotopic (exact) mass is 415 g/mol. The van der Waals surface area contributed by atoms with Crippen LogP contribution >= 0.6 is 0 Å². The second-order valence-electron chi connectivity index (χ2n) is 8.06. The van der Waals surface area contributed by atoms with Gasteiger partial charge < -0.3 is 15.4 Å². The number of carbonyl (C=O) groups excluding carboxylic acids is 1. The van der Waals surface area contributed by atoms with Crippen LogP contribution in [-0.2, 0) is 31.2 Å². The Balaban J connectivity index is 1.34. The number of nitrogens with zero attached hydrogens (tertiary/aromatic N) is 3. The fourth-order valence-electron chi connectivity index (χ4n) is 4.29. The Morgan fingerprint density at radius 3 is 2.97 bits per heavy atom. The van der Waals surface area contributed by atoms with Crippen LogP contribution in [0.4, 0.5) is 4.39 Å². The maximum absolute atomic E-state index is 13.4. The van der Waals surface area contributed by atoms with Gasteiger partial charge in [0.25, 0.3) is 5.91 Å². The molecular formula is C22H30FN5O2. The van der Waals surface area contributed by atoms with Crippen molar-refractivity contribution in [1.29, 1.82) is 0 Å². The fraction of sp³-hybridized carbons (Fsp3) is 0.545. The molecule has 1 atom stereocenters. The number of rotatable bonds is 7. The SMILES string of the molecule is Cn1nc(C(=O)NCCN2CCOCC2)c2c1CC[C@H](NCc1cccc(F)c1)C2. The van der Waals surface area contributed by atoms with Gasteiger partial charge >= 0.3 is 0 Å². The highest BCUT2D eigenvalue weighted by Gasteiger charge is 2.28. The summed E-state index contributed by atoms with van der Waals surface area (Å²) in [5, 5.41) is 11.1. The first kappa shape index (κ1) is 21.0. The van der Waals surface area contributed by atoms with Gasteiger partial charge in [0.1, 0.15) is 5.82 Å². The number of halogens is 1. The molecule has 4 rings (SSSR count). The van der Waals surface area contributed by atoms with Gasteiger partial charge in [-0.15, -0.1) is 0 Å². The molecule has 30 heavy (non-hydrogen) atoms. The molecule has 1 saturated heterocycles. The molecule has 162 valence electrons. The molecule has 7 nitrogen and oxygen atoms in total. The van der Waals surface area contributed by atoms with Gasteiger partial charge in [0.2, 0.25) is 0 Å². The lowest BCUT2D eigenvalue weighted by molar-refractivity contribution is 0.0383. The van der Waals surface area contributed by atoms with Crippen molar-refractivity contribution in [3.63, 3.8) is 0 Å². The van der Waals surface area contributed by atoms with E-state index in [1.165, 1.54) is 6.07 Å². The minimum atomic E-state index is -0.219. The third-order valence-corrected chi connectivity index (χ3v) is 5.97. The van der Waals surface area contributed by atoms with Crippen LogP contribution in [-0.4, -0.2) is 66.0 Å². The van der Waals surface area contributed by atoms with E-state index in [1.54, 1.807) is 12.1 Å². The Morgan fingerprint density at radius 2 is 2.17 bits per heavy atom. The lowest BCUT2D eigenvalue weighted by Crippen LogP contribution is -2.41. The fourth-order valence-corrected chi connectivity index (χ4v) is 4.29. The van der Waals surface area contributed by atoms with Gasteiger partial charge in [-0.3, -0.25) is 14.4 Å². The quantitative estimate of drug-likeness (QED) is 0.713. The first-order chi connectivity index (χ1) is 14.6. The molecule has 1 fully saturated rings. The van der Waals surface area contributed by atoms with E-state index in [0.29, 0.717) is 18.8 Å². The zero-order chi connectivity index (χ0) is 20.9. The topological polar surface area (TPSA) is 71.4 Å². The summed E-state index contributed by atoms with van der Waals surface area (Å²) in [7, 11) is 1.91. The third kappa shape index (κ3) is 5.06. The molecule has 2 N–H and O–H groups in total. The molecule has 2 heterocycles. The Labute approximate surface area is 176 Å². The van der Waals surface area contributed by atoms with Gasteiger partial charge in [-0.05, 0) is 37.0 Å². The van der Waals surface area contributed by atoms with E-state index in [2.05, 4.69) is 20.6 Å². The van der Waals surface area contributed by atoms with E-state index in [-0.39, 0.29) is 17.8 Å². The highest BCUT2D eigenvalue weighted by Crippen LogP contribution is 2.24. The normalized spacial score (nSPS) is 19.5. The molecule has 1 aliphatic carbocycles. The molecular weight excluding hydrogens is 385 g/mol. The van der Waals surface area contributed by atoms with Crippen molar-refractivity contribution in [2.75, 3.05) is 39.4 Å². The maximum atomic E-state index is 13.4. The minimum Gasteiger partial charge on any atom is -0.379 e. The number of nitrogens with one attached hydrogen (secondary N) is 2. The van der Waals surface area contributed by atoms with Gasteiger partial charge in [0.05, 0.1) is 13.2 Å². The molecule has 0 radical (unpaired) electrons. The Bertz CT molecular complexity index is 878. The molecule has 8 heteroatoms. The van der Waals surface area contributed by atoms with Crippen molar-refractivity contribution in [2.24, 2.45) is 7.05 Å². The van der Waals surface area contributed by atoms with Crippen molar-refractivity contribution in [1.82, 2.24) is 25.3 Å². The molecule has 1 amide bonds. The minimum absolute atomic E-state index is 0.106. The van der Waals surface area contributed by atoms with E-state index >= 15 is 0 Å². The van der Waals surface area contributed by atoms with Crippen LogP contribution in [0.1, 0.15) is 33.7 Å². The number of fused-ring (bicyclic) bond motifs is 1. The molecule has 1 aromatic carbocycles. The summed E-state index contributed by atoms with van der Waals surface area (Å²) in [4.78, 5) is 15.1.